The van der Waals surface area contributed by atoms with Gasteiger partial charge in [0, 0.05) is 15.3 Å². The summed E-state index contributed by atoms with van der Waals surface area (Å²) in [6.07, 6.45) is 1.82. The molecule has 0 unspecified atom stereocenters. The molecule has 5 heteroatoms. The Morgan fingerprint density at radius 2 is 1.88 bits per heavy atom. The second-order valence-corrected chi connectivity index (χ2v) is 6.74. The standard InChI is InChI=1S/C20H12FIN2O/c21-15-5-2-4-14(10-15)20-24-18-11-17(7-8-19(18)25-20)23-12-13-3-1-6-16(22)9-13/h1-12H. The molecule has 4 aromatic rings. The van der Waals surface area contributed by atoms with Crippen LogP contribution in [0.3, 0.4) is 0 Å². The van der Waals surface area contributed by atoms with Crippen molar-refractivity contribution in [1.82, 2.24) is 4.98 Å². The molecule has 1 heterocycles. The minimum Gasteiger partial charge on any atom is -0.436 e. The number of hydrogen-bond donors (Lipinski definition) is 0. The molecular formula is C20H12FIN2O. The van der Waals surface area contributed by atoms with Gasteiger partial charge in [0.1, 0.15) is 11.3 Å². The molecule has 3 nitrogen and oxygen atoms in total. The molecule has 0 N–H and O–H groups in total. The number of aromatic nitrogens is 1. The number of rotatable bonds is 3. The maximum Gasteiger partial charge on any atom is 0.227 e. The molecule has 4 rings (SSSR count). The molecule has 0 atom stereocenters. The second-order valence-electron chi connectivity index (χ2n) is 5.49. The highest BCUT2D eigenvalue weighted by Gasteiger charge is 2.09. The number of benzene rings is 3. The smallest absolute Gasteiger partial charge is 0.227 e. The fraction of sp³-hybridized carbons (Fsp3) is 0. The molecule has 0 bridgehead atoms. The van der Waals surface area contributed by atoms with Gasteiger partial charge in [0.15, 0.2) is 5.58 Å². The average molecular weight is 442 g/mol. The van der Waals surface area contributed by atoms with Crippen molar-refractivity contribution < 1.29 is 8.81 Å². The van der Waals surface area contributed by atoms with Crippen LogP contribution in [0.2, 0.25) is 0 Å². The largest absolute Gasteiger partial charge is 0.436 e. The summed E-state index contributed by atoms with van der Waals surface area (Å²) >= 11 is 2.27. The van der Waals surface area contributed by atoms with Crippen molar-refractivity contribution in [2.24, 2.45) is 4.99 Å². The Balaban J connectivity index is 1.66. The number of nitrogens with zero attached hydrogens (tertiary/aromatic N) is 2. The number of oxazole rings is 1. The number of fused-ring (bicyclic) bond motifs is 1. The predicted octanol–water partition coefficient (Wildman–Crippen LogP) is 5.99. The Morgan fingerprint density at radius 1 is 1.00 bits per heavy atom. The van der Waals surface area contributed by atoms with Crippen molar-refractivity contribution in [2.45, 2.75) is 0 Å². The first kappa shape index (κ1) is 16.0. The second kappa shape index (κ2) is 6.76. The van der Waals surface area contributed by atoms with Crippen LogP contribution < -0.4 is 0 Å². The highest BCUT2D eigenvalue weighted by molar-refractivity contribution is 14.1. The minimum atomic E-state index is -0.317. The van der Waals surface area contributed by atoms with Gasteiger partial charge < -0.3 is 4.42 Å². The van der Waals surface area contributed by atoms with E-state index in [0.29, 0.717) is 22.6 Å². The Morgan fingerprint density at radius 3 is 2.72 bits per heavy atom. The topological polar surface area (TPSA) is 38.4 Å². The lowest BCUT2D eigenvalue weighted by molar-refractivity contribution is 0.611. The van der Waals surface area contributed by atoms with Crippen molar-refractivity contribution in [3.05, 3.63) is 81.7 Å². The van der Waals surface area contributed by atoms with Gasteiger partial charge in [-0.2, -0.15) is 0 Å². The molecule has 1 aromatic heterocycles. The normalized spacial score (nSPS) is 11.4. The minimum absolute atomic E-state index is 0.317. The number of hydrogen-bond acceptors (Lipinski definition) is 3. The Kier molecular flexibility index (Phi) is 4.31. The van der Waals surface area contributed by atoms with E-state index >= 15 is 0 Å². The van der Waals surface area contributed by atoms with E-state index in [1.807, 2.05) is 42.6 Å². The molecule has 0 aliphatic rings. The van der Waals surface area contributed by atoms with Crippen LogP contribution in [0.4, 0.5) is 10.1 Å². The van der Waals surface area contributed by atoms with Crippen LogP contribution in [0, 0.1) is 9.39 Å². The molecule has 3 aromatic carbocycles. The van der Waals surface area contributed by atoms with Crippen LogP contribution in [-0.4, -0.2) is 11.2 Å². The van der Waals surface area contributed by atoms with E-state index in [-0.39, 0.29) is 5.82 Å². The third kappa shape index (κ3) is 3.61. The predicted molar refractivity (Wildman–Crippen MR) is 106 cm³/mol. The summed E-state index contributed by atoms with van der Waals surface area (Å²) in [5, 5.41) is 0. The first-order chi connectivity index (χ1) is 12.2. The fourth-order valence-corrected chi connectivity index (χ4v) is 3.04. The van der Waals surface area contributed by atoms with Crippen LogP contribution in [0.15, 0.2) is 76.1 Å². The summed E-state index contributed by atoms with van der Waals surface area (Å²) in [6.45, 7) is 0. The summed E-state index contributed by atoms with van der Waals surface area (Å²) in [5.41, 5.74) is 3.77. The average Bonchev–Trinajstić information content (AvgIpc) is 3.03. The lowest BCUT2D eigenvalue weighted by Crippen LogP contribution is -1.81. The van der Waals surface area contributed by atoms with Crippen LogP contribution in [-0.2, 0) is 0 Å². The van der Waals surface area contributed by atoms with E-state index in [1.165, 1.54) is 12.1 Å². The van der Waals surface area contributed by atoms with Gasteiger partial charge >= 0.3 is 0 Å². The van der Waals surface area contributed by atoms with E-state index < -0.39 is 0 Å². The Labute approximate surface area is 157 Å². The Hall–Kier alpha value is -2.54. The van der Waals surface area contributed by atoms with E-state index in [9.17, 15) is 4.39 Å². The van der Waals surface area contributed by atoms with Crippen molar-refractivity contribution in [1.29, 1.82) is 0 Å². The quantitative estimate of drug-likeness (QED) is 0.289. The van der Waals surface area contributed by atoms with Gasteiger partial charge in [0.2, 0.25) is 5.89 Å². The molecule has 0 saturated heterocycles. The fourth-order valence-electron chi connectivity index (χ4n) is 2.48. The van der Waals surface area contributed by atoms with Gasteiger partial charge in [0.25, 0.3) is 0 Å². The first-order valence-corrected chi connectivity index (χ1v) is 8.71. The zero-order valence-corrected chi connectivity index (χ0v) is 15.1. The summed E-state index contributed by atoms with van der Waals surface area (Å²) in [5.74, 6) is 0.0794. The summed E-state index contributed by atoms with van der Waals surface area (Å²) < 4.78 is 20.2. The van der Waals surface area contributed by atoms with E-state index in [1.54, 1.807) is 12.1 Å². The molecule has 0 aliphatic carbocycles. The monoisotopic (exact) mass is 442 g/mol. The molecule has 25 heavy (non-hydrogen) atoms. The van der Waals surface area contributed by atoms with E-state index in [2.05, 4.69) is 38.6 Å². The molecule has 0 spiro atoms. The summed E-state index contributed by atoms with van der Waals surface area (Å²) in [4.78, 5) is 8.94. The van der Waals surface area contributed by atoms with E-state index in [4.69, 9.17) is 4.42 Å². The number of aliphatic imine (C=N–C) groups is 1. The van der Waals surface area contributed by atoms with Crippen LogP contribution in [0.5, 0.6) is 0 Å². The van der Waals surface area contributed by atoms with Crippen LogP contribution >= 0.6 is 22.6 Å². The van der Waals surface area contributed by atoms with Crippen molar-refractivity contribution in [3.63, 3.8) is 0 Å². The third-order valence-electron chi connectivity index (χ3n) is 3.65. The Bertz CT molecular complexity index is 1090. The van der Waals surface area contributed by atoms with Crippen molar-refractivity contribution in [3.8, 4) is 11.5 Å². The van der Waals surface area contributed by atoms with Crippen molar-refractivity contribution in [2.75, 3.05) is 0 Å². The van der Waals surface area contributed by atoms with Crippen LogP contribution in [0.25, 0.3) is 22.6 Å². The lowest BCUT2D eigenvalue weighted by Gasteiger charge is -1.95. The maximum atomic E-state index is 13.4. The first-order valence-electron chi connectivity index (χ1n) is 7.63. The zero-order chi connectivity index (χ0) is 17.2. The summed E-state index contributed by atoms with van der Waals surface area (Å²) in [6, 6.07) is 19.8. The highest BCUT2D eigenvalue weighted by Crippen LogP contribution is 2.27. The highest BCUT2D eigenvalue weighted by atomic mass is 127. The third-order valence-corrected chi connectivity index (χ3v) is 4.33. The number of halogens is 2. The molecule has 122 valence electrons. The molecule has 0 radical (unpaired) electrons. The lowest BCUT2D eigenvalue weighted by atomic mass is 10.2. The van der Waals surface area contributed by atoms with Crippen molar-refractivity contribution >= 4 is 45.6 Å². The molecular weight excluding hydrogens is 430 g/mol. The molecule has 0 aliphatic heterocycles. The molecule has 0 amide bonds. The molecule has 0 fully saturated rings. The van der Waals surface area contributed by atoms with Gasteiger partial charge in [-0.15, -0.1) is 0 Å². The maximum absolute atomic E-state index is 13.4. The van der Waals surface area contributed by atoms with Gasteiger partial charge in [-0.3, -0.25) is 4.99 Å². The summed E-state index contributed by atoms with van der Waals surface area (Å²) in [7, 11) is 0. The van der Waals surface area contributed by atoms with Gasteiger partial charge in [-0.1, -0.05) is 18.2 Å². The SMILES string of the molecule is Fc1cccc(-c2nc3cc(N=Cc4cccc(I)c4)ccc3o2)c1. The van der Waals surface area contributed by atoms with Crippen LogP contribution in [0.1, 0.15) is 5.56 Å². The van der Waals surface area contributed by atoms with Gasteiger partial charge in [0.05, 0.1) is 5.69 Å². The van der Waals surface area contributed by atoms with Gasteiger partial charge in [-0.25, -0.2) is 9.37 Å². The van der Waals surface area contributed by atoms with Gasteiger partial charge in [-0.05, 0) is 76.7 Å². The molecule has 0 saturated carbocycles. The zero-order valence-electron chi connectivity index (χ0n) is 13.0. The van der Waals surface area contributed by atoms with E-state index in [0.717, 1.165) is 14.8 Å².